The van der Waals surface area contributed by atoms with E-state index in [1.54, 1.807) is 31.2 Å². The van der Waals surface area contributed by atoms with E-state index in [1.807, 2.05) is 0 Å². The summed E-state index contributed by atoms with van der Waals surface area (Å²) in [6.45, 7) is 1.69. The minimum absolute atomic E-state index is 0.0767. The van der Waals surface area contributed by atoms with E-state index in [0.717, 1.165) is 12.0 Å². The van der Waals surface area contributed by atoms with E-state index < -0.39 is 0 Å². The number of fused-ring (bicyclic) bond motifs is 5. The van der Waals surface area contributed by atoms with Crippen LogP contribution in [-0.2, 0) is 9.59 Å². The van der Waals surface area contributed by atoms with E-state index in [1.165, 1.54) is 4.90 Å². The number of allylic oxidation sites excluding steroid dienone is 2. The van der Waals surface area contributed by atoms with Crippen molar-refractivity contribution in [3.8, 4) is 0 Å². The molecule has 112 valence electrons. The average Bonchev–Trinajstić information content (AvgIpc) is 3.21. The van der Waals surface area contributed by atoms with Crippen LogP contribution in [-0.4, -0.2) is 22.7 Å². The number of benzene rings is 1. The number of oxime groups is 1. The van der Waals surface area contributed by atoms with Gasteiger partial charge in [0.05, 0.1) is 23.2 Å². The van der Waals surface area contributed by atoms with Crippen LogP contribution in [0.5, 0.6) is 0 Å². The minimum atomic E-state index is -0.178. The van der Waals surface area contributed by atoms with Gasteiger partial charge in [0.25, 0.3) is 0 Å². The van der Waals surface area contributed by atoms with Gasteiger partial charge < -0.3 is 5.21 Å². The third-order valence-electron chi connectivity index (χ3n) is 5.16. The molecule has 4 atom stereocenters. The summed E-state index contributed by atoms with van der Waals surface area (Å²) in [6.07, 6.45) is 5.11. The first-order valence-electron chi connectivity index (χ1n) is 7.47. The Hall–Kier alpha value is -2.43. The summed E-state index contributed by atoms with van der Waals surface area (Å²) in [5.41, 5.74) is 1.84. The van der Waals surface area contributed by atoms with E-state index in [0.29, 0.717) is 11.4 Å². The van der Waals surface area contributed by atoms with Gasteiger partial charge >= 0.3 is 0 Å². The molecule has 5 heteroatoms. The van der Waals surface area contributed by atoms with E-state index >= 15 is 0 Å². The Bertz CT molecular complexity index is 690. The van der Waals surface area contributed by atoms with Crippen molar-refractivity contribution in [2.45, 2.75) is 13.3 Å². The lowest BCUT2D eigenvalue weighted by Crippen LogP contribution is -2.32. The molecule has 2 aliphatic carbocycles. The smallest absolute Gasteiger partial charge is 0.238 e. The largest absolute Gasteiger partial charge is 0.411 e. The topological polar surface area (TPSA) is 70.0 Å². The molecule has 2 amide bonds. The molecule has 0 spiro atoms. The van der Waals surface area contributed by atoms with Crippen molar-refractivity contribution in [1.29, 1.82) is 0 Å². The number of hydrogen-bond acceptors (Lipinski definition) is 4. The van der Waals surface area contributed by atoms with Gasteiger partial charge in [-0.1, -0.05) is 29.4 Å². The van der Waals surface area contributed by atoms with Crippen LogP contribution < -0.4 is 4.90 Å². The van der Waals surface area contributed by atoms with E-state index in [9.17, 15) is 9.59 Å². The average molecular weight is 296 g/mol. The number of anilines is 1. The molecule has 0 aromatic heterocycles. The molecule has 1 aromatic rings. The number of hydrogen-bond donors (Lipinski definition) is 1. The Morgan fingerprint density at radius 2 is 1.64 bits per heavy atom. The van der Waals surface area contributed by atoms with Crippen LogP contribution >= 0.6 is 0 Å². The lowest BCUT2D eigenvalue weighted by molar-refractivity contribution is -0.123. The first-order valence-corrected chi connectivity index (χ1v) is 7.47. The van der Waals surface area contributed by atoms with Gasteiger partial charge in [-0.15, -0.1) is 0 Å². The van der Waals surface area contributed by atoms with Crippen LogP contribution in [0.4, 0.5) is 5.69 Å². The number of carbonyl (C=O) groups excluding carboxylic acids is 2. The highest BCUT2D eigenvalue weighted by molar-refractivity contribution is 6.22. The van der Waals surface area contributed by atoms with Crippen molar-refractivity contribution in [2.24, 2.45) is 28.8 Å². The summed E-state index contributed by atoms with van der Waals surface area (Å²) in [5.74, 6) is -0.0656. The lowest BCUT2D eigenvalue weighted by Gasteiger charge is -2.17. The number of nitrogens with zero attached hydrogens (tertiary/aromatic N) is 2. The minimum Gasteiger partial charge on any atom is -0.411 e. The van der Waals surface area contributed by atoms with E-state index in [-0.39, 0.29) is 35.5 Å². The SMILES string of the molecule is C/C(=N\O)c1ccc(N2C(=O)[C@@H]3[C@H](C2=O)[C@@H]2C=C[C@@H]3C2)cc1. The van der Waals surface area contributed by atoms with Crippen LogP contribution in [0.3, 0.4) is 0 Å². The Morgan fingerprint density at radius 1 is 1.09 bits per heavy atom. The Kier molecular flexibility index (Phi) is 2.73. The standard InChI is InChI=1S/C17H16N2O3/c1-9(18-22)10-4-6-13(7-5-10)19-16(20)14-11-2-3-12(8-11)15(14)17(19)21/h2-7,11-12,14-15,22H,8H2,1H3/b18-9+/t11-,12-,14-,15+/m1/s1. The molecule has 1 saturated heterocycles. The maximum atomic E-state index is 12.7. The zero-order chi connectivity index (χ0) is 15.4. The zero-order valence-electron chi connectivity index (χ0n) is 12.1. The summed E-state index contributed by atoms with van der Waals surface area (Å²) in [4.78, 5) is 26.7. The number of amides is 2. The Labute approximate surface area is 127 Å². The van der Waals surface area contributed by atoms with Crippen molar-refractivity contribution in [1.82, 2.24) is 0 Å². The molecule has 22 heavy (non-hydrogen) atoms. The summed E-state index contributed by atoms with van der Waals surface area (Å²) >= 11 is 0. The summed E-state index contributed by atoms with van der Waals surface area (Å²) in [6, 6.07) is 6.98. The monoisotopic (exact) mass is 296 g/mol. The fourth-order valence-corrected chi connectivity index (χ4v) is 4.07. The third kappa shape index (κ3) is 1.62. The van der Waals surface area contributed by atoms with Crippen LogP contribution in [0.2, 0.25) is 0 Å². The molecule has 3 aliphatic rings. The number of carbonyl (C=O) groups is 2. The van der Waals surface area contributed by atoms with Gasteiger partial charge in [-0.05, 0) is 42.9 Å². The van der Waals surface area contributed by atoms with Crippen molar-refractivity contribution in [2.75, 3.05) is 4.90 Å². The van der Waals surface area contributed by atoms with Crippen molar-refractivity contribution in [3.05, 3.63) is 42.0 Å². The highest BCUT2D eigenvalue weighted by Gasteiger charge is 2.59. The molecule has 2 fully saturated rings. The van der Waals surface area contributed by atoms with E-state index in [4.69, 9.17) is 5.21 Å². The second-order valence-corrected chi connectivity index (χ2v) is 6.24. The highest BCUT2D eigenvalue weighted by atomic mass is 16.4. The van der Waals surface area contributed by atoms with Crippen LogP contribution in [0.25, 0.3) is 0 Å². The molecule has 0 radical (unpaired) electrons. The first-order chi connectivity index (χ1) is 10.6. The number of rotatable bonds is 2. The lowest BCUT2D eigenvalue weighted by atomic mass is 9.85. The van der Waals surface area contributed by atoms with Crippen LogP contribution in [0, 0.1) is 23.7 Å². The molecule has 1 saturated carbocycles. The Morgan fingerprint density at radius 3 is 2.14 bits per heavy atom. The molecule has 2 bridgehead atoms. The predicted molar refractivity (Wildman–Crippen MR) is 80.6 cm³/mol. The van der Waals surface area contributed by atoms with E-state index in [2.05, 4.69) is 17.3 Å². The predicted octanol–water partition coefficient (Wildman–Crippen LogP) is 2.20. The molecule has 1 aliphatic heterocycles. The zero-order valence-corrected chi connectivity index (χ0v) is 12.1. The van der Waals surface area contributed by atoms with Crippen molar-refractivity contribution in [3.63, 3.8) is 0 Å². The summed E-state index contributed by atoms with van der Waals surface area (Å²) in [5, 5.41) is 11.9. The molecule has 0 unspecified atom stereocenters. The Balaban J connectivity index is 1.67. The molecule has 5 nitrogen and oxygen atoms in total. The van der Waals surface area contributed by atoms with Gasteiger partial charge in [0.2, 0.25) is 11.8 Å². The second-order valence-electron chi connectivity index (χ2n) is 6.24. The van der Waals surface area contributed by atoms with Crippen molar-refractivity contribution < 1.29 is 14.8 Å². The van der Waals surface area contributed by atoms with Crippen molar-refractivity contribution >= 4 is 23.2 Å². The third-order valence-corrected chi connectivity index (χ3v) is 5.16. The van der Waals surface area contributed by atoms with Gasteiger partial charge in [0, 0.05) is 0 Å². The fourth-order valence-electron chi connectivity index (χ4n) is 4.07. The summed E-state index contributed by atoms with van der Waals surface area (Å²) in [7, 11) is 0. The van der Waals surface area contributed by atoms with Gasteiger partial charge in [-0.25, -0.2) is 0 Å². The molecule has 1 aromatic carbocycles. The molecule has 1 N–H and O–H groups in total. The van der Waals surface area contributed by atoms with Crippen LogP contribution in [0.15, 0.2) is 41.6 Å². The second kappa shape index (κ2) is 4.53. The van der Waals surface area contributed by atoms with Gasteiger partial charge in [-0.3, -0.25) is 14.5 Å². The molecular weight excluding hydrogens is 280 g/mol. The first kappa shape index (κ1) is 13.2. The maximum Gasteiger partial charge on any atom is 0.238 e. The highest BCUT2D eigenvalue weighted by Crippen LogP contribution is 2.53. The van der Waals surface area contributed by atoms with Crippen LogP contribution in [0.1, 0.15) is 18.9 Å². The molecule has 1 heterocycles. The van der Waals surface area contributed by atoms with Gasteiger partial charge in [0.15, 0.2) is 0 Å². The maximum absolute atomic E-state index is 12.7. The normalized spacial score (nSPS) is 33.0. The fraction of sp³-hybridized carbons (Fsp3) is 0.353. The number of imide groups is 1. The quantitative estimate of drug-likeness (QED) is 0.299. The van der Waals surface area contributed by atoms with Gasteiger partial charge in [0.1, 0.15) is 0 Å². The molecular formula is C17H16N2O3. The molecule has 4 rings (SSSR count). The van der Waals surface area contributed by atoms with Gasteiger partial charge in [-0.2, -0.15) is 0 Å². The summed E-state index contributed by atoms with van der Waals surface area (Å²) < 4.78 is 0.